The van der Waals surface area contributed by atoms with E-state index < -0.39 is 0 Å². The lowest BCUT2D eigenvalue weighted by Crippen LogP contribution is -2.21. The van der Waals surface area contributed by atoms with Gasteiger partial charge in [0.05, 0.1) is 17.5 Å². The van der Waals surface area contributed by atoms with Gasteiger partial charge in [0.25, 0.3) is 0 Å². The second-order valence-corrected chi connectivity index (χ2v) is 7.31. The molecule has 25 heavy (non-hydrogen) atoms. The van der Waals surface area contributed by atoms with Gasteiger partial charge >= 0.3 is 0 Å². The number of benzene rings is 2. The SMILES string of the molecule is c1ccc(-c2nc(SCC3CCCCO3)[nH]c2-c2ccccc2)cc1. The van der Waals surface area contributed by atoms with Crippen molar-refractivity contribution in [1.29, 1.82) is 0 Å². The Labute approximate surface area is 152 Å². The highest BCUT2D eigenvalue weighted by molar-refractivity contribution is 7.99. The lowest BCUT2D eigenvalue weighted by molar-refractivity contribution is 0.0315. The Morgan fingerprint density at radius 3 is 2.36 bits per heavy atom. The van der Waals surface area contributed by atoms with E-state index >= 15 is 0 Å². The molecule has 1 aliphatic heterocycles. The lowest BCUT2D eigenvalue weighted by Gasteiger charge is -2.21. The van der Waals surface area contributed by atoms with Crippen LogP contribution in [0.15, 0.2) is 65.8 Å². The largest absolute Gasteiger partial charge is 0.377 e. The summed E-state index contributed by atoms with van der Waals surface area (Å²) in [4.78, 5) is 8.43. The van der Waals surface area contributed by atoms with Gasteiger partial charge in [-0.05, 0) is 19.3 Å². The van der Waals surface area contributed by atoms with Crippen molar-refractivity contribution in [2.24, 2.45) is 0 Å². The van der Waals surface area contributed by atoms with Crippen molar-refractivity contribution >= 4 is 11.8 Å². The highest BCUT2D eigenvalue weighted by atomic mass is 32.2. The van der Waals surface area contributed by atoms with E-state index in [1.54, 1.807) is 11.8 Å². The molecule has 0 amide bonds. The lowest BCUT2D eigenvalue weighted by atomic mass is 10.1. The van der Waals surface area contributed by atoms with E-state index in [-0.39, 0.29) is 0 Å². The van der Waals surface area contributed by atoms with Crippen LogP contribution in [-0.4, -0.2) is 28.4 Å². The normalized spacial score (nSPS) is 17.5. The van der Waals surface area contributed by atoms with Crippen molar-refractivity contribution < 1.29 is 4.74 Å². The van der Waals surface area contributed by atoms with Crippen LogP contribution >= 0.6 is 11.8 Å². The first-order valence-corrected chi connectivity index (χ1v) is 9.84. The molecular formula is C21H22N2OS. The van der Waals surface area contributed by atoms with E-state index in [9.17, 15) is 0 Å². The second-order valence-electron chi connectivity index (χ2n) is 6.30. The Hall–Kier alpha value is -2.04. The topological polar surface area (TPSA) is 37.9 Å². The number of aromatic nitrogens is 2. The Balaban J connectivity index is 1.61. The third kappa shape index (κ3) is 3.97. The van der Waals surface area contributed by atoms with Gasteiger partial charge in [-0.25, -0.2) is 4.98 Å². The van der Waals surface area contributed by atoms with E-state index in [0.717, 1.165) is 46.5 Å². The van der Waals surface area contributed by atoms with Crippen LogP contribution in [0.4, 0.5) is 0 Å². The van der Waals surface area contributed by atoms with Crippen molar-refractivity contribution in [2.75, 3.05) is 12.4 Å². The van der Waals surface area contributed by atoms with Gasteiger partial charge in [0.2, 0.25) is 0 Å². The number of imidazole rings is 1. The Bertz CT molecular complexity index is 738. The van der Waals surface area contributed by atoms with Crippen molar-refractivity contribution in [2.45, 2.75) is 30.5 Å². The third-order valence-corrected chi connectivity index (χ3v) is 5.48. The summed E-state index contributed by atoms with van der Waals surface area (Å²) in [5, 5.41) is 0.965. The fourth-order valence-corrected chi connectivity index (χ4v) is 4.09. The Morgan fingerprint density at radius 2 is 1.68 bits per heavy atom. The molecule has 2 heterocycles. The van der Waals surface area contributed by atoms with Crippen LogP contribution in [0.3, 0.4) is 0 Å². The number of thioether (sulfide) groups is 1. The number of aromatic amines is 1. The van der Waals surface area contributed by atoms with Crippen molar-refractivity contribution in [3.8, 4) is 22.5 Å². The van der Waals surface area contributed by atoms with Crippen LogP contribution in [0, 0.1) is 0 Å². The number of ether oxygens (including phenoxy) is 1. The number of hydrogen-bond acceptors (Lipinski definition) is 3. The minimum Gasteiger partial charge on any atom is -0.377 e. The van der Waals surface area contributed by atoms with Gasteiger partial charge in [0, 0.05) is 23.5 Å². The standard InChI is InChI=1S/C21H22N2OS/c1-3-9-16(10-4-1)19-20(17-11-5-2-6-12-17)23-21(22-19)25-15-18-13-7-8-14-24-18/h1-6,9-12,18H,7-8,13-15H2,(H,22,23). The predicted molar refractivity (Wildman–Crippen MR) is 104 cm³/mol. The van der Waals surface area contributed by atoms with E-state index in [2.05, 4.69) is 53.5 Å². The average Bonchev–Trinajstić information content (AvgIpc) is 3.13. The number of hydrogen-bond donors (Lipinski definition) is 1. The van der Waals surface area contributed by atoms with Gasteiger partial charge in [-0.2, -0.15) is 0 Å². The second kappa shape index (κ2) is 7.89. The minimum absolute atomic E-state index is 0.351. The van der Waals surface area contributed by atoms with Crippen molar-refractivity contribution in [3.05, 3.63) is 60.7 Å². The van der Waals surface area contributed by atoms with Gasteiger partial charge in [0.1, 0.15) is 0 Å². The molecule has 4 rings (SSSR count). The maximum Gasteiger partial charge on any atom is 0.166 e. The quantitative estimate of drug-likeness (QED) is 0.626. The van der Waals surface area contributed by atoms with Gasteiger partial charge in [0.15, 0.2) is 5.16 Å². The molecule has 1 unspecified atom stereocenters. The molecule has 0 bridgehead atoms. The van der Waals surface area contributed by atoms with Crippen LogP contribution in [-0.2, 0) is 4.74 Å². The molecule has 2 aromatic carbocycles. The molecule has 3 nitrogen and oxygen atoms in total. The smallest absolute Gasteiger partial charge is 0.166 e. The zero-order chi connectivity index (χ0) is 16.9. The monoisotopic (exact) mass is 350 g/mol. The van der Waals surface area contributed by atoms with E-state index in [4.69, 9.17) is 9.72 Å². The van der Waals surface area contributed by atoms with Crippen LogP contribution in [0.1, 0.15) is 19.3 Å². The maximum absolute atomic E-state index is 5.84. The molecule has 1 N–H and O–H groups in total. The first-order valence-electron chi connectivity index (χ1n) is 8.85. The molecule has 1 atom stereocenters. The summed E-state index contributed by atoms with van der Waals surface area (Å²) in [6.07, 6.45) is 3.97. The summed E-state index contributed by atoms with van der Waals surface area (Å²) < 4.78 is 5.84. The first kappa shape index (κ1) is 16.4. The molecular weight excluding hydrogens is 328 g/mol. The molecule has 1 aliphatic rings. The van der Waals surface area contributed by atoms with E-state index in [1.165, 1.54) is 12.8 Å². The fourth-order valence-electron chi connectivity index (χ4n) is 3.15. The molecule has 0 spiro atoms. The molecule has 1 aromatic heterocycles. The molecule has 1 fully saturated rings. The van der Waals surface area contributed by atoms with Crippen LogP contribution in [0.2, 0.25) is 0 Å². The molecule has 0 radical (unpaired) electrons. The van der Waals surface area contributed by atoms with Crippen LogP contribution in [0.25, 0.3) is 22.5 Å². The van der Waals surface area contributed by atoms with Gasteiger partial charge in [-0.15, -0.1) is 0 Å². The molecule has 4 heteroatoms. The maximum atomic E-state index is 5.84. The van der Waals surface area contributed by atoms with Gasteiger partial charge in [-0.1, -0.05) is 72.4 Å². The number of rotatable bonds is 5. The summed E-state index contributed by atoms with van der Waals surface area (Å²) in [5.41, 5.74) is 4.39. The third-order valence-electron chi connectivity index (χ3n) is 4.47. The van der Waals surface area contributed by atoms with Gasteiger partial charge in [-0.3, -0.25) is 0 Å². The van der Waals surface area contributed by atoms with Crippen molar-refractivity contribution in [3.63, 3.8) is 0 Å². The fraction of sp³-hybridized carbons (Fsp3) is 0.286. The molecule has 1 saturated heterocycles. The minimum atomic E-state index is 0.351. The van der Waals surface area contributed by atoms with Gasteiger partial charge < -0.3 is 9.72 Å². The Kier molecular flexibility index (Phi) is 5.19. The summed E-state index contributed by atoms with van der Waals surface area (Å²) in [5.74, 6) is 0.954. The predicted octanol–water partition coefficient (Wildman–Crippen LogP) is 5.40. The van der Waals surface area contributed by atoms with Crippen LogP contribution < -0.4 is 0 Å². The summed E-state index contributed by atoms with van der Waals surface area (Å²) >= 11 is 1.76. The number of H-pyrrole nitrogens is 1. The number of nitrogens with zero attached hydrogens (tertiary/aromatic N) is 1. The summed E-state index contributed by atoms with van der Waals surface area (Å²) in [7, 11) is 0. The molecule has 0 aliphatic carbocycles. The first-order chi connectivity index (χ1) is 12.4. The zero-order valence-corrected chi connectivity index (χ0v) is 15.0. The summed E-state index contributed by atoms with van der Waals surface area (Å²) in [6.45, 7) is 0.897. The molecule has 3 aromatic rings. The highest BCUT2D eigenvalue weighted by Crippen LogP contribution is 2.33. The van der Waals surface area contributed by atoms with E-state index in [1.807, 2.05) is 12.1 Å². The average molecular weight is 350 g/mol. The van der Waals surface area contributed by atoms with Crippen molar-refractivity contribution in [1.82, 2.24) is 9.97 Å². The highest BCUT2D eigenvalue weighted by Gasteiger charge is 2.17. The molecule has 0 saturated carbocycles. The summed E-state index contributed by atoms with van der Waals surface area (Å²) in [6, 6.07) is 20.8. The van der Waals surface area contributed by atoms with E-state index in [0.29, 0.717) is 6.10 Å². The number of nitrogens with one attached hydrogen (secondary N) is 1. The van der Waals surface area contributed by atoms with Crippen LogP contribution in [0.5, 0.6) is 0 Å². The zero-order valence-electron chi connectivity index (χ0n) is 14.2. The Morgan fingerprint density at radius 1 is 0.960 bits per heavy atom. The molecule has 128 valence electrons.